The van der Waals surface area contributed by atoms with Gasteiger partial charge >= 0.3 is 0 Å². The number of nitrogens with zero attached hydrogens (tertiary/aromatic N) is 6. The lowest BCUT2D eigenvalue weighted by Crippen LogP contribution is -2.02. The van der Waals surface area contributed by atoms with Gasteiger partial charge < -0.3 is 4.57 Å². The first-order valence-electron chi connectivity index (χ1n) is 20.9. The van der Waals surface area contributed by atoms with E-state index < -0.39 is 0 Å². The molecular weight excluding hydrogens is 757 g/mol. The summed E-state index contributed by atoms with van der Waals surface area (Å²) in [6.07, 6.45) is 1.87. The second-order valence-electron chi connectivity index (χ2n) is 16.0. The van der Waals surface area contributed by atoms with Gasteiger partial charge in [0.05, 0.1) is 22.1 Å². The van der Waals surface area contributed by atoms with Gasteiger partial charge in [-0.05, 0) is 93.0 Å². The van der Waals surface area contributed by atoms with E-state index >= 15 is 0 Å². The highest BCUT2D eigenvalue weighted by atomic mass is 15.1. The maximum Gasteiger partial charge on any atom is 0.164 e. The predicted molar refractivity (Wildman–Crippen MR) is 255 cm³/mol. The normalized spacial score (nSPS) is 11.9. The molecule has 6 heteroatoms. The monoisotopic (exact) mass is 790 g/mol. The predicted octanol–water partition coefficient (Wildman–Crippen LogP) is 13.9. The zero-order valence-electron chi connectivity index (χ0n) is 33.3. The van der Waals surface area contributed by atoms with Crippen molar-refractivity contribution in [3.8, 4) is 45.7 Å². The van der Waals surface area contributed by atoms with Crippen molar-refractivity contribution in [3.63, 3.8) is 0 Å². The van der Waals surface area contributed by atoms with Crippen LogP contribution >= 0.6 is 0 Å². The van der Waals surface area contributed by atoms with E-state index in [9.17, 15) is 0 Å². The summed E-state index contributed by atoms with van der Waals surface area (Å²) < 4.78 is 4.68. The molecule has 4 heterocycles. The van der Waals surface area contributed by atoms with Gasteiger partial charge in [-0.2, -0.15) is 0 Å². The van der Waals surface area contributed by atoms with E-state index in [4.69, 9.17) is 19.9 Å². The fourth-order valence-electron chi connectivity index (χ4n) is 9.37. The summed E-state index contributed by atoms with van der Waals surface area (Å²) in [6.45, 7) is 0. The number of aromatic nitrogens is 6. The molecule has 6 nitrogen and oxygen atoms in total. The van der Waals surface area contributed by atoms with Gasteiger partial charge in [-0.1, -0.05) is 140 Å². The lowest BCUT2D eigenvalue weighted by molar-refractivity contribution is 1.05. The molecular formula is C56H34N6. The second-order valence-corrected chi connectivity index (χ2v) is 16.0. The molecule has 0 saturated heterocycles. The molecule has 0 amide bonds. The van der Waals surface area contributed by atoms with Crippen LogP contribution in [0, 0.1) is 0 Å². The highest BCUT2D eigenvalue weighted by molar-refractivity contribution is 6.19. The molecule has 0 bridgehead atoms. The number of pyridine rings is 1. The van der Waals surface area contributed by atoms with Crippen molar-refractivity contribution in [2.45, 2.75) is 0 Å². The molecule has 0 spiro atoms. The zero-order chi connectivity index (χ0) is 40.7. The van der Waals surface area contributed by atoms with Crippen LogP contribution in [0.4, 0.5) is 0 Å². The number of hydrogen-bond donors (Lipinski definition) is 0. The molecule has 0 aliphatic carbocycles. The third-order valence-electron chi connectivity index (χ3n) is 12.3. The lowest BCUT2D eigenvalue weighted by Gasteiger charge is -2.12. The topological polar surface area (TPSA) is 61.4 Å². The SMILES string of the molecule is c1ccc2cc(-c3nc(-c4ccnc(-n5c6ccccc6c6cc7c8ccccc8n(-c8ccc9ccccc9c8)c7cc65)c4)nc(-c4ccc5ccccc5c4)n3)ccc2c1. The third-order valence-corrected chi connectivity index (χ3v) is 12.3. The van der Waals surface area contributed by atoms with Crippen LogP contribution in [0.25, 0.3) is 122 Å². The summed E-state index contributed by atoms with van der Waals surface area (Å²) in [5.74, 6) is 2.59. The summed E-state index contributed by atoms with van der Waals surface area (Å²) in [4.78, 5) is 20.5. The average molecular weight is 791 g/mol. The molecule has 288 valence electrons. The number of rotatable bonds is 5. The van der Waals surface area contributed by atoms with Gasteiger partial charge in [0, 0.05) is 50.1 Å². The zero-order valence-corrected chi connectivity index (χ0v) is 33.3. The molecule has 0 saturated carbocycles. The second kappa shape index (κ2) is 13.5. The van der Waals surface area contributed by atoms with E-state index in [0.29, 0.717) is 17.5 Å². The molecule has 0 N–H and O–H groups in total. The summed E-state index contributed by atoms with van der Waals surface area (Å²) >= 11 is 0. The van der Waals surface area contributed by atoms with E-state index in [1.165, 1.54) is 43.2 Å². The molecule has 0 aliphatic heterocycles. The Kier molecular flexibility index (Phi) is 7.50. The van der Waals surface area contributed by atoms with Gasteiger partial charge in [0.25, 0.3) is 0 Å². The van der Waals surface area contributed by atoms with Gasteiger partial charge in [-0.3, -0.25) is 4.57 Å². The minimum Gasteiger partial charge on any atom is -0.309 e. The largest absolute Gasteiger partial charge is 0.309 e. The number of para-hydroxylation sites is 2. The number of fused-ring (bicyclic) bond motifs is 9. The van der Waals surface area contributed by atoms with E-state index in [-0.39, 0.29) is 0 Å². The van der Waals surface area contributed by atoms with Crippen molar-refractivity contribution in [2.24, 2.45) is 0 Å². The van der Waals surface area contributed by atoms with Crippen molar-refractivity contribution in [2.75, 3.05) is 0 Å². The molecule has 9 aromatic carbocycles. The summed E-state index contributed by atoms with van der Waals surface area (Å²) in [5, 5.41) is 11.8. The molecule has 13 rings (SSSR count). The van der Waals surface area contributed by atoms with Crippen molar-refractivity contribution < 1.29 is 0 Å². The number of benzene rings is 9. The minimum absolute atomic E-state index is 0.578. The smallest absolute Gasteiger partial charge is 0.164 e. The van der Waals surface area contributed by atoms with Gasteiger partial charge in [-0.25, -0.2) is 19.9 Å². The Morgan fingerprint density at radius 2 is 0.742 bits per heavy atom. The highest BCUT2D eigenvalue weighted by Gasteiger charge is 2.20. The summed E-state index contributed by atoms with van der Waals surface area (Å²) in [6, 6.07) is 70.9. The molecule has 0 atom stereocenters. The van der Waals surface area contributed by atoms with E-state index in [1.54, 1.807) is 0 Å². The Morgan fingerprint density at radius 1 is 0.290 bits per heavy atom. The standard InChI is InChI=1S/C56H34N6/c1-4-14-38-29-41(23-21-35(38)11-1)54-58-55(42-24-22-36-12-2-5-15-39(36)30-42)60-56(59-54)43-27-28-57-53(32-43)62-50-20-10-8-18-46(50)48-33-47-45-17-7-9-19-49(45)61(51(47)34-52(48)62)44-26-25-37-13-3-6-16-40(37)31-44/h1-34H. The minimum atomic E-state index is 0.578. The van der Waals surface area contributed by atoms with E-state index in [0.717, 1.165) is 60.9 Å². The molecule has 4 aromatic heterocycles. The quantitative estimate of drug-likeness (QED) is 0.174. The summed E-state index contributed by atoms with van der Waals surface area (Å²) in [7, 11) is 0. The Morgan fingerprint density at radius 3 is 1.32 bits per heavy atom. The average Bonchev–Trinajstić information content (AvgIpc) is 3.84. The van der Waals surface area contributed by atoms with Gasteiger partial charge in [-0.15, -0.1) is 0 Å². The molecule has 0 radical (unpaired) electrons. The fourth-order valence-corrected chi connectivity index (χ4v) is 9.37. The van der Waals surface area contributed by atoms with Crippen LogP contribution < -0.4 is 0 Å². The van der Waals surface area contributed by atoms with Crippen molar-refractivity contribution in [1.82, 2.24) is 29.1 Å². The van der Waals surface area contributed by atoms with Gasteiger partial charge in [0.1, 0.15) is 5.82 Å². The van der Waals surface area contributed by atoms with Gasteiger partial charge in [0.15, 0.2) is 17.5 Å². The highest BCUT2D eigenvalue weighted by Crippen LogP contribution is 2.40. The third kappa shape index (κ3) is 5.44. The van der Waals surface area contributed by atoms with Crippen molar-refractivity contribution in [1.29, 1.82) is 0 Å². The van der Waals surface area contributed by atoms with Crippen molar-refractivity contribution >= 4 is 75.9 Å². The maximum absolute atomic E-state index is 5.19. The van der Waals surface area contributed by atoms with Crippen LogP contribution in [0.3, 0.4) is 0 Å². The first-order valence-corrected chi connectivity index (χ1v) is 20.9. The number of hydrogen-bond acceptors (Lipinski definition) is 4. The van der Waals surface area contributed by atoms with Crippen LogP contribution in [0.15, 0.2) is 206 Å². The van der Waals surface area contributed by atoms with Crippen LogP contribution in [-0.2, 0) is 0 Å². The van der Waals surface area contributed by atoms with Crippen LogP contribution in [-0.4, -0.2) is 29.1 Å². The van der Waals surface area contributed by atoms with Crippen LogP contribution in [0.5, 0.6) is 0 Å². The molecule has 0 aliphatic rings. The maximum atomic E-state index is 5.19. The first kappa shape index (κ1) is 34.4. The van der Waals surface area contributed by atoms with Gasteiger partial charge in [0.2, 0.25) is 0 Å². The Bertz CT molecular complexity index is 3850. The Labute approximate surface area is 355 Å². The van der Waals surface area contributed by atoms with E-state index in [1.807, 2.05) is 12.3 Å². The lowest BCUT2D eigenvalue weighted by atomic mass is 10.1. The molecule has 0 unspecified atom stereocenters. The Balaban J connectivity index is 1.03. The summed E-state index contributed by atoms with van der Waals surface area (Å²) in [5.41, 5.74) is 8.26. The first-order chi connectivity index (χ1) is 30.7. The van der Waals surface area contributed by atoms with E-state index in [2.05, 4.69) is 203 Å². The van der Waals surface area contributed by atoms with Crippen LogP contribution in [0.2, 0.25) is 0 Å². The van der Waals surface area contributed by atoms with Crippen molar-refractivity contribution in [3.05, 3.63) is 206 Å². The fraction of sp³-hybridized carbons (Fsp3) is 0. The Hall–Kier alpha value is -8.48. The van der Waals surface area contributed by atoms with Crippen LogP contribution in [0.1, 0.15) is 0 Å². The molecule has 13 aromatic rings. The molecule has 0 fully saturated rings. The molecule has 62 heavy (non-hydrogen) atoms.